The summed E-state index contributed by atoms with van der Waals surface area (Å²) >= 11 is 3.24. The molecule has 0 saturated carbocycles. The summed E-state index contributed by atoms with van der Waals surface area (Å²) in [6.07, 6.45) is 0.768. The lowest BCUT2D eigenvalue weighted by Gasteiger charge is -2.09. The average molecular weight is 288 g/mol. The second-order valence-corrected chi connectivity index (χ2v) is 4.18. The van der Waals surface area contributed by atoms with Gasteiger partial charge in [0, 0.05) is 6.42 Å². The number of halogens is 1. The van der Waals surface area contributed by atoms with E-state index in [-0.39, 0.29) is 5.97 Å². The first-order valence-corrected chi connectivity index (χ1v) is 5.80. The van der Waals surface area contributed by atoms with Crippen molar-refractivity contribution in [1.82, 2.24) is 4.98 Å². The van der Waals surface area contributed by atoms with Crippen molar-refractivity contribution >= 4 is 21.9 Å². The molecule has 0 radical (unpaired) electrons. The van der Waals surface area contributed by atoms with Gasteiger partial charge in [-0.15, -0.1) is 0 Å². The number of hydrogen-bond donors (Lipinski definition) is 1. The van der Waals surface area contributed by atoms with E-state index in [4.69, 9.17) is 0 Å². The van der Waals surface area contributed by atoms with Gasteiger partial charge >= 0.3 is 5.97 Å². The fourth-order valence-electron chi connectivity index (χ4n) is 1.30. The van der Waals surface area contributed by atoms with Crippen LogP contribution in [0.5, 0.6) is 0 Å². The molecule has 0 aliphatic carbocycles. The van der Waals surface area contributed by atoms with Crippen molar-refractivity contribution in [2.24, 2.45) is 0 Å². The molecule has 1 rings (SSSR count). The number of rotatable bonds is 5. The predicted octanol–water partition coefficient (Wildman–Crippen LogP) is 2.22. The average Bonchev–Trinajstić information content (AvgIpc) is 2.28. The fraction of sp³-hybridized carbons (Fsp3) is 0.455. The summed E-state index contributed by atoms with van der Waals surface area (Å²) < 4.78 is 5.20. The van der Waals surface area contributed by atoms with E-state index in [0.717, 1.165) is 0 Å². The van der Waals surface area contributed by atoms with Gasteiger partial charge in [0.05, 0.1) is 18.9 Å². The number of carbonyl (C=O) groups is 1. The minimum Gasteiger partial charge on any atom is -0.469 e. The topological polar surface area (TPSA) is 59.4 Å². The molecule has 0 amide bonds. The van der Waals surface area contributed by atoms with Gasteiger partial charge in [0.25, 0.3) is 0 Å². The largest absolute Gasteiger partial charge is 0.469 e. The van der Waals surface area contributed by atoms with E-state index in [2.05, 4.69) is 25.7 Å². The van der Waals surface area contributed by atoms with Gasteiger partial charge in [0.15, 0.2) is 0 Å². The zero-order chi connectivity index (χ0) is 12.0. The van der Waals surface area contributed by atoms with Crippen molar-refractivity contribution in [1.29, 1.82) is 0 Å². The molecular weight excluding hydrogens is 274 g/mol. The summed E-state index contributed by atoms with van der Waals surface area (Å²) in [6.45, 7) is 0. The second kappa shape index (κ2) is 6.60. The number of esters is 1. The standard InChI is InChI=1S/C11H14BrNO3/c1-16-11(15)7-3-5-9(14)8-4-2-6-10(12)13-8/h2,4,6,9,14H,3,5,7H2,1H3/t9-/m0/s1. The van der Waals surface area contributed by atoms with Crippen molar-refractivity contribution in [3.05, 3.63) is 28.5 Å². The highest BCUT2D eigenvalue weighted by molar-refractivity contribution is 9.10. The Hall–Kier alpha value is -0.940. The molecule has 0 unspecified atom stereocenters. The lowest BCUT2D eigenvalue weighted by Crippen LogP contribution is -2.04. The summed E-state index contributed by atoms with van der Waals surface area (Å²) in [6, 6.07) is 5.37. The maximum atomic E-state index is 10.9. The minimum atomic E-state index is -0.637. The monoisotopic (exact) mass is 287 g/mol. The lowest BCUT2D eigenvalue weighted by molar-refractivity contribution is -0.140. The van der Waals surface area contributed by atoms with Crippen LogP contribution in [-0.4, -0.2) is 23.2 Å². The molecular formula is C11H14BrNO3. The molecule has 0 fully saturated rings. The molecule has 5 heteroatoms. The van der Waals surface area contributed by atoms with Crippen molar-refractivity contribution < 1.29 is 14.6 Å². The summed E-state index contributed by atoms with van der Waals surface area (Å²) in [4.78, 5) is 15.0. The zero-order valence-corrected chi connectivity index (χ0v) is 10.6. The van der Waals surface area contributed by atoms with Crippen molar-refractivity contribution in [2.45, 2.75) is 25.4 Å². The SMILES string of the molecule is COC(=O)CCC[C@H](O)c1cccc(Br)n1. The molecule has 0 aliphatic rings. The summed E-state index contributed by atoms with van der Waals surface area (Å²) in [5.41, 5.74) is 0.610. The van der Waals surface area contributed by atoms with E-state index >= 15 is 0 Å². The first-order chi connectivity index (χ1) is 7.63. The highest BCUT2D eigenvalue weighted by Crippen LogP contribution is 2.19. The Morgan fingerprint density at radius 1 is 1.62 bits per heavy atom. The number of aliphatic hydroxyl groups is 1. The number of pyridine rings is 1. The van der Waals surface area contributed by atoms with Crippen molar-refractivity contribution in [3.8, 4) is 0 Å². The lowest BCUT2D eigenvalue weighted by atomic mass is 10.1. The first-order valence-electron chi connectivity index (χ1n) is 5.01. The Bertz CT molecular complexity index is 357. The molecule has 88 valence electrons. The fourth-order valence-corrected chi connectivity index (χ4v) is 1.66. The number of aromatic nitrogens is 1. The normalized spacial score (nSPS) is 12.2. The van der Waals surface area contributed by atoms with Crippen LogP contribution in [0, 0.1) is 0 Å². The second-order valence-electron chi connectivity index (χ2n) is 3.37. The Labute approximate surface area is 103 Å². The summed E-state index contributed by atoms with van der Waals surface area (Å²) in [5, 5.41) is 9.80. The van der Waals surface area contributed by atoms with Crippen LogP contribution < -0.4 is 0 Å². The quantitative estimate of drug-likeness (QED) is 0.666. The van der Waals surface area contributed by atoms with Crippen molar-refractivity contribution in [2.75, 3.05) is 7.11 Å². The third-order valence-electron chi connectivity index (χ3n) is 2.16. The van der Waals surface area contributed by atoms with Gasteiger partial charge in [-0.3, -0.25) is 4.79 Å². The van der Waals surface area contributed by atoms with Crippen LogP contribution in [0.15, 0.2) is 22.8 Å². The molecule has 0 saturated heterocycles. The van der Waals surface area contributed by atoms with Crippen LogP contribution in [0.4, 0.5) is 0 Å². The van der Waals surface area contributed by atoms with Crippen LogP contribution in [0.1, 0.15) is 31.1 Å². The molecule has 4 nitrogen and oxygen atoms in total. The Morgan fingerprint density at radius 3 is 3.00 bits per heavy atom. The van der Waals surface area contributed by atoms with Gasteiger partial charge in [0.1, 0.15) is 4.60 Å². The number of ether oxygens (including phenoxy) is 1. The number of carbonyl (C=O) groups excluding carboxylic acids is 1. The summed E-state index contributed by atoms with van der Waals surface area (Å²) in [5.74, 6) is -0.255. The molecule has 1 aromatic heterocycles. The number of nitrogens with zero attached hydrogens (tertiary/aromatic N) is 1. The maximum Gasteiger partial charge on any atom is 0.305 e. The van der Waals surface area contributed by atoms with Gasteiger partial charge in [-0.25, -0.2) is 4.98 Å². The van der Waals surface area contributed by atoms with E-state index in [1.165, 1.54) is 7.11 Å². The molecule has 1 heterocycles. The Kier molecular flexibility index (Phi) is 5.42. The van der Waals surface area contributed by atoms with E-state index in [1.807, 2.05) is 6.07 Å². The molecule has 0 bridgehead atoms. The van der Waals surface area contributed by atoms with E-state index in [1.54, 1.807) is 12.1 Å². The van der Waals surface area contributed by atoms with E-state index in [9.17, 15) is 9.90 Å². The Balaban J connectivity index is 2.40. The highest BCUT2D eigenvalue weighted by atomic mass is 79.9. The third kappa shape index (κ3) is 4.28. The van der Waals surface area contributed by atoms with Crippen molar-refractivity contribution in [3.63, 3.8) is 0 Å². The molecule has 1 aromatic rings. The molecule has 1 N–H and O–H groups in total. The highest BCUT2D eigenvalue weighted by Gasteiger charge is 2.10. The van der Waals surface area contributed by atoms with Crippen LogP contribution in [0.2, 0.25) is 0 Å². The third-order valence-corrected chi connectivity index (χ3v) is 2.61. The van der Waals surface area contributed by atoms with Gasteiger partial charge in [-0.05, 0) is 40.9 Å². The van der Waals surface area contributed by atoms with Crippen LogP contribution in [0.3, 0.4) is 0 Å². The number of aliphatic hydroxyl groups excluding tert-OH is 1. The molecule has 1 atom stereocenters. The summed E-state index contributed by atoms with van der Waals surface area (Å²) in [7, 11) is 1.36. The first kappa shape index (κ1) is 13.1. The molecule has 0 aliphatic heterocycles. The Morgan fingerprint density at radius 2 is 2.38 bits per heavy atom. The van der Waals surface area contributed by atoms with Gasteiger partial charge in [0.2, 0.25) is 0 Å². The van der Waals surface area contributed by atoms with E-state index in [0.29, 0.717) is 29.6 Å². The maximum absolute atomic E-state index is 10.9. The van der Waals surface area contributed by atoms with Gasteiger partial charge in [-0.2, -0.15) is 0 Å². The number of hydrogen-bond acceptors (Lipinski definition) is 4. The van der Waals surface area contributed by atoms with Crippen LogP contribution >= 0.6 is 15.9 Å². The molecule has 16 heavy (non-hydrogen) atoms. The zero-order valence-electron chi connectivity index (χ0n) is 9.02. The van der Waals surface area contributed by atoms with Crippen LogP contribution in [-0.2, 0) is 9.53 Å². The van der Waals surface area contributed by atoms with Gasteiger partial charge in [-0.1, -0.05) is 6.07 Å². The number of methoxy groups -OCH3 is 1. The molecule has 0 spiro atoms. The molecule has 0 aromatic carbocycles. The van der Waals surface area contributed by atoms with Gasteiger partial charge < -0.3 is 9.84 Å². The predicted molar refractivity (Wildman–Crippen MR) is 62.8 cm³/mol. The van der Waals surface area contributed by atoms with Crippen LogP contribution in [0.25, 0.3) is 0 Å². The minimum absolute atomic E-state index is 0.255. The smallest absolute Gasteiger partial charge is 0.305 e. The van der Waals surface area contributed by atoms with E-state index < -0.39 is 6.10 Å².